The van der Waals surface area contributed by atoms with Crippen molar-refractivity contribution in [2.75, 3.05) is 18.1 Å². The van der Waals surface area contributed by atoms with E-state index in [1.54, 1.807) is 0 Å². The monoisotopic (exact) mass is 175 g/mol. The molecule has 11 heavy (non-hydrogen) atoms. The van der Waals surface area contributed by atoms with Crippen molar-refractivity contribution >= 4 is 11.8 Å². The van der Waals surface area contributed by atoms with Crippen LogP contribution >= 0.6 is 11.8 Å². The van der Waals surface area contributed by atoms with Gasteiger partial charge in [0, 0.05) is 0 Å². The molecule has 0 fully saturated rings. The molecule has 2 N–H and O–H groups in total. The number of hydrogen-bond donors (Lipinski definition) is 1. The highest BCUT2D eigenvalue weighted by Crippen LogP contribution is 2.12. The third-order valence-electron chi connectivity index (χ3n) is 2.02. The minimum absolute atomic E-state index is 0.771. The zero-order chi connectivity index (χ0) is 8.53. The lowest BCUT2D eigenvalue weighted by Gasteiger charge is -2.10. The zero-order valence-corrected chi connectivity index (χ0v) is 8.62. The molecule has 1 atom stereocenters. The van der Waals surface area contributed by atoms with Crippen LogP contribution in [-0.2, 0) is 0 Å². The Kier molecular flexibility index (Phi) is 8.64. The summed E-state index contributed by atoms with van der Waals surface area (Å²) in [5, 5.41) is 0. The summed E-state index contributed by atoms with van der Waals surface area (Å²) in [6.07, 6.45) is 3.90. The predicted molar refractivity (Wildman–Crippen MR) is 55.1 cm³/mol. The molecule has 0 aliphatic carbocycles. The van der Waals surface area contributed by atoms with Crippen LogP contribution in [-0.4, -0.2) is 18.1 Å². The lowest BCUT2D eigenvalue weighted by Crippen LogP contribution is -2.13. The summed E-state index contributed by atoms with van der Waals surface area (Å²) < 4.78 is 0. The van der Waals surface area contributed by atoms with E-state index < -0.39 is 0 Å². The van der Waals surface area contributed by atoms with E-state index in [0.717, 1.165) is 12.5 Å². The van der Waals surface area contributed by atoms with Gasteiger partial charge in [-0.25, -0.2) is 0 Å². The van der Waals surface area contributed by atoms with Crippen molar-refractivity contribution < 1.29 is 0 Å². The lowest BCUT2D eigenvalue weighted by atomic mass is 10.0. The molecular formula is C9H21NS. The predicted octanol–water partition coefficient (Wildman–Crippen LogP) is 2.50. The van der Waals surface area contributed by atoms with Crippen LogP contribution in [0.5, 0.6) is 0 Å². The second kappa shape index (κ2) is 8.41. The summed E-state index contributed by atoms with van der Waals surface area (Å²) >= 11 is 2.03. The van der Waals surface area contributed by atoms with Gasteiger partial charge in [0.05, 0.1) is 0 Å². The second-order valence-electron chi connectivity index (χ2n) is 2.85. The van der Waals surface area contributed by atoms with Crippen molar-refractivity contribution in [3.05, 3.63) is 0 Å². The fraction of sp³-hybridized carbons (Fsp3) is 1.00. The van der Waals surface area contributed by atoms with E-state index >= 15 is 0 Å². The summed E-state index contributed by atoms with van der Waals surface area (Å²) in [7, 11) is 0. The first-order valence-corrected chi connectivity index (χ1v) is 5.78. The number of nitrogens with two attached hydrogens (primary N) is 1. The maximum atomic E-state index is 5.59. The van der Waals surface area contributed by atoms with Crippen LogP contribution in [0.25, 0.3) is 0 Å². The second-order valence-corrected chi connectivity index (χ2v) is 4.24. The largest absolute Gasteiger partial charge is 0.330 e. The van der Waals surface area contributed by atoms with E-state index in [-0.39, 0.29) is 0 Å². The van der Waals surface area contributed by atoms with Gasteiger partial charge in [0.25, 0.3) is 0 Å². The van der Waals surface area contributed by atoms with Gasteiger partial charge in [-0.2, -0.15) is 11.8 Å². The topological polar surface area (TPSA) is 26.0 Å². The quantitative estimate of drug-likeness (QED) is 0.602. The van der Waals surface area contributed by atoms with Crippen molar-refractivity contribution in [2.24, 2.45) is 11.7 Å². The van der Waals surface area contributed by atoms with E-state index in [1.165, 1.54) is 30.8 Å². The van der Waals surface area contributed by atoms with Gasteiger partial charge in [-0.3, -0.25) is 0 Å². The maximum Gasteiger partial charge on any atom is -0.00490 e. The molecule has 1 nitrogen and oxygen atoms in total. The fourth-order valence-electron chi connectivity index (χ4n) is 1.11. The van der Waals surface area contributed by atoms with Crippen molar-refractivity contribution in [3.63, 3.8) is 0 Å². The maximum absolute atomic E-state index is 5.59. The number of hydrogen-bond acceptors (Lipinski definition) is 2. The Balaban J connectivity index is 3.07. The zero-order valence-electron chi connectivity index (χ0n) is 7.81. The molecule has 0 aliphatic heterocycles. The van der Waals surface area contributed by atoms with Gasteiger partial charge in [-0.05, 0) is 36.8 Å². The highest BCUT2D eigenvalue weighted by atomic mass is 32.2. The van der Waals surface area contributed by atoms with Gasteiger partial charge in [-0.15, -0.1) is 0 Å². The van der Waals surface area contributed by atoms with Gasteiger partial charge >= 0.3 is 0 Å². The molecule has 0 saturated heterocycles. The highest BCUT2D eigenvalue weighted by Gasteiger charge is 2.01. The first-order chi connectivity index (χ1) is 5.35. The summed E-state index contributed by atoms with van der Waals surface area (Å²) in [5.41, 5.74) is 5.59. The Morgan fingerprint density at radius 2 is 2.09 bits per heavy atom. The molecular weight excluding hydrogens is 154 g/mol. The molecule has 0 saturated carbocycles. The highest BCUT2D eigenvalue weighted by molar-refractivity contribution is 7.99. The van der Waals surface area contributed by atoms with E-state index in [2.05, 4.69) is 13.8 Å². The van der Waals surface area contributed by atoms with Crippen LogP contribution in [0, 0.1) is 5.92 Å². The van der Waals surface area contributed by atoms with Crippen LogP contribution in [0.3, 0.4) is 0 Å². The molecule has 0 heterocycles. The summed E-state index contributed by atoms with van der Waals surface area (Å²) in [4.78, 5) is 0. The Bertz CT molecular complexity index is 72.0. The third kappa shape index (κ3) is 6.70. The molecule has 0 aromatic carbocycles. The van der Waals surface area contributed by atoms with Crippen molar-refractivity contribution in [1.82, 2.24) is 0 Å². The summed E-state index contributed by atoms with van der Waals surface area (Å²) in [5.74, 6) is 3.33. The van der Waals surface area contributed by atoms with Crippen molar-refractivity contribution in [3.8, 4) is 0 Å². The van der Waals surface area contributed by atoms with Crippen molar-refractivity contribution in [2.45, 2.75) is 33.1 Å². The van der Waals surface area contributed by atoms with Gasteiger partial charge in [0.2, 0.25) is 0 Å². The number of rotatable bonds is 7. The lowest BCUT2D eigenvalue weighted by molar-refractivity contribution is 0.477. The normalized spacial score (nSPS) is 13.4. The molecule has 0 aromatic heterocycles. The standard InChI is InChI=1S/C9H21NS/c1-3-9(8-10)6-5-7-11-4-2/h9H,3-8,10H2,1-2H3. The van der Waals surface area contributed by atoms with E-state index in [1.807, 2.05) is 11.8 Å². The Morgan fingerprint density at radius 1 is 1.36 bits per heavy atom. The van der Waals surface area contributed by atoms with Crippen LogP contribution in [0.4, 0.5) is 0 Å². The van der Waals surface area contributed by atoms with Crippen LogP contribution in [0.1, 0.15) is 33.1 Å². The molecule has 0 aromatic rings. The minimum Gasteiger partial charge on any atom is -0.330 e. The van der Waals surface area contributed by atoms with Gasteiger partial charge < -0.3 is 5.73 Å². The molecule has 0 aliphatic rings. The van der Waals surface area contributed by atoms with Crippen LogP contribution in [0.2, 0.25) is 0 Å². The first kappa shape index (κ1) is 11.3. The molecule has 2 heteroatoms. The van der Waals surface area contributed by atoms with Gasteiger partial charge in [0.15, 0.2) is 0 Å². The van der Waals surface area contributed by atoms with Crippen LogP contribution in [0.15, 0.2) is 0 Å². The summed E-state index contributed by atoms with van der Waals surface area (Å²) in [6, 6.07) is 0. The number of thioether (sulfide) groups is 1. The molecule has 0 spiro atoms. The Morgan fingerprint density at radius 3 is 2.55 bits per heavy atom. The van der Waals surface area contributed by atoms with E-state index in [0.29, 0.717) is 0 Å². The van der Waals surface area contributed by atoms with Crippen molar-refractivity contribution in [1.29, 1.82) is 0 Å². The summed E-state index contributed by atoms with van der Waals surface area (Å²) in [6.45, 7) is 5.31. The molecule has 68 valence electrons. The third-order valence-corrected chi connectivity index (χ3v) is 3.00. The average Bonchev–Trinajstić information content (AvgIpc) is 2.05. The molecule has 0 amide bonds. The van der Waals surface area contributed by atoms with Crippen LogP contribution < -0.4 is 5.73 Å². The molecule has 0 rings (SSSR count). The van der Waals surface area contributed by atoms with Gasteiger partial charge in [0.1, 0.15) is 0 Å². The smallest absolute Gasteiger partial charge is 0.00490 e. The van der Waals surface area contributed by atoms with E-state index in [4.69, 9.17) is 5.73 Å². The SMILES string of the molecule is CCSCCCC(CC)CN. The Hall–Kier alpha value is 0.310. The fourth-order valence-corrected chi connectivity index (χ4v) is 1.77. The average molecular weight is 175 g/mol. The van der Waals surface area contributed by atoms with E-state index in [9.17, 15) is 0 Å². The minimum atomic E-state index is 0.771. The molecule has 0 radical (unpaired) electrons. The Labute approximate surface area is 75.1 Å². The first-order valence-electron chi connectivity index (χ1n) is 4.62. The van der Waals surface area contributed by atoms with Gasteiger partial charge in [-0.1, -0.05) is 20.3 Å². The molecule has 0 bridgehead atoms. The molecule has 1 unspecified atom stereocenters.